The number of nitrogens with two attached hydrogens (primary N) is 1. The monoisotopic (exact) mass is 394 g/mol. The van der Waals surface area contributed by atoms with Gasteiger partial charge in [-0.2, -0.15) is 0 Å². The number of likely N-dealkylation sites (tertiary alicyclic amines) is 1. The maximum atomic E-state index is 12.2. The summed E-state index contributed by atoms with van der Waals surface area (Å²) < 4.78 is 11.2. The Morgan fingerprint density at radius 1 is 1.17 bits per heavy atom. The highest BCUT2D eigenvalue weighted by Crippen LogP contribution is 2.33. The van der Waals surface area contributed by atoms with E-state index in [2.05, 4.69) is 0 Å². The number of hydrogen-bond acceptors (Lipinski definition) is 4. The van der Waals surface area contributed by atoms with E-state index in [4.69, 9.17) is 50.0 Å². The Bertz CT molecular complexity index is 564. The number of nitrogens with zero attached hydrogens (tertiary/aromatic N) is 1. The largest absolute Gasteiger partial charge is 0.482 e. The first-order valence-corrected chi connectivity index (χ1v) is 9.01. The molecule has 2 rings (SSSR count). The van der Waals surface area contributed by atoms with Crippen LogP contribution in [0.4, 0.5) is 0 Å². The Hall–Kier alpha value is -0.720. The number of hydrogen-bond donors (Lipinski definition) is 1. The molecule has 134 valence electrons. The molecule has 1 aliphatic rings. The average molecular weight is 396 g/mol. The second kappa shape index (κ2) is 9.68. The van der Waals surface area contributed by atoms with Crippen LogP contribution in [-0.2, 0) is 9.53 Å². The third kappa shape index (κ3) is 5.67. The lowest BCUT2D eigenvalue weighted by Gasteiger charge is -2.32. The van der Waals surface area contributed by atoms with E-state index in [0.717, 1.165) is 19.3 Å². The molecule has 0 aliphatic carbocycles. The molecule has 2 N–H and O–H groups in total. The van der Waals surface area contributed by atoms with Gasteiger partial charge in [-0.3, -0.25) is 4.79 Å². The Balaban J connectivity index is 1.77. The summed E-state index contributed by atoms with van der Waals surface area (Å²) in [4.78, 5) is 14.0. The van der Waals surface area contributed by atoms with Crippen molar-refractivity contribution in [2.75, 3.05) is 32.8 Å². The van der Waals surface area contributed by atoms with Crippen molar-refractivity contribution in [2.45, 2.75) is 25.4 Å². The van der Waals surface area contributed by atoms with Crippen LogP contribution in [0.2, 0.25) is 15.1 Å². The van der Waals surface area contributed by atoms with Gasteiger partial charge in [0.2, 0.25) is 0 Å². The van der Waals surface area contributed by atoms with Crippen LogP contribution in [0.15, 0.2) is 12.1 Å². The van der Waals surface area contributed by atoms with E-state index in [0.29, 0.717) is 47.1 Å². The summed E-state index contributed by atoms with van der Waals surface area (Å²) in [6.07, 6.45) is 2.71. The first-order valence-electron chi connectivity index (χ1n) is 7.88. The van der Waals surface area contributed by atoms with Crippen molar-refractivity contribution in [1.82, 2.24) is 4.90 Å². The molecular weight excluding hydrogens is 375 g/mol. The Kier molecular flexibility index (Phi) is 7.91. The molecule has 0 bridgehead atoms. The standard InChI is InChI=1S/C16H21Cl3N2O3/c17-12-8-14(19)15(9-13(12)18)24-10-16(22)21-5-2-11(3-6-21)23-7-1-4-20/h8-9,11H,1-7,10,20H2. The number of halogens is 3. The van der Waals surface area contributed by atoms with Gasteiger partial charge < -0.3 is 20.1 Å². The number of carbonyl (C=O) groups is 1. The molecule has 0 aromatic heterocycles. The second-order valence-electron chi connectivity index (χ2n) is 5.58. The first kappa shape index (κ1) is 19.6. The summed E-state index contributed by atoms with van der Waals surface area (Å²) in [7, 11) is 0. The number of rotatable bonds is 7. The van der Waals surface area contributed by atoms with E-state index in [9.17, 15) is 4.79 Å². The minimum absolute atomic E-state index is 0.0856. The van der Waals surface area contributed by atoms with Crippen LogP contribution in [0.25, 0.3) is 0 Å². The minimum Gasteiger partial charge on any atom is -0.482 e. The fraction of sp³-hybridized carbons (Fsp3) is 0.562. The van der Waals surface area contributed by atoms with Gasteiger partial charge in [0.05, 0.1) is 21.2 Å². The summed E-state index contributed by atoms with van der Waals surface area (Å²) in [5.41, 5.74) is 5.44. The molecule has 1 aliphatic heterocycles. The van der Waals surface area contributed by atoms with Crippen LogP contribution in [0, 0.1) is 0 Å². The fourth-order valence-corrected chi connectivity index (χ4v) is 3.04. The van der Waals surface area contributed by atoms with Crippen LogP contribution in [-0.4, -0.2) is 49.8 Å². The van der Waals surface area contributed by atoms with E-state index in [-0.39, 0.29) is 18.6 Å². The molecule has 1 aromatic carbocycles. The van der Waals surface area contributed by atoms with Crippen molar-refractivity contribution in [2.24, 2.45) is 5.73 Å². The van der Waals surface area contributed by atoms with Crippen LogP contribution < -0.4 is 10.5 Å². The zero-order valence-electron chi connectivity index (χ0n) is 13.3. The molecule has 0 saturated carbocycles. The fourth-order valence-electron chi connectivity index (χ4n) is 2.45. The lowest BCUT2D eigenvalue weighted by atomic mass is 10.1. The third-order valence-electron chi connectivity index (χ3n) is 3.82. The summed E-state index contributed by atoms with van der Waals surface area (Å²) in [5, 5.41) is 1.00. The summed E-state index contributed by atoms with van der Waals surface area (Å²) in [6, 6.07) is 3.01. The van der Waals surface area contributed by atoms with Crippen LogP contribution in [0.1, 0.15) is 19.3 Å². The highest BCUT2D eigenvalue weighted by atomic mass is 35.5. The highest BCUT2D eigenvalue weighted by Gasteiger charge is 2.23. The molecule has 0 spiro atoms. The highest BCUT2D eigenvalue weighted by molar-refractivity contribution is 6.43. The van der Waals surface area contributed by atoms with E-state index in [1.165, 1.54) is 12.1 Å². The number of piperidine rings is 1. The molecule has 5 nitrogen and oxygen atoms in total. The molecule has 1 aromatic rings. The summed E-state index contributed by atoms with van der Waals surface area (Å²) in [6.45, 7) is 2.53. The van der Waals surface area contributed by atoms with Crippen molar-refractivity contribution in [3.05, 3.63) is 27.2 Å². The smallest absolute Gasteiger partial charge is 0.260 e. The third-order valence-corrected chi connectivity index (χ3v) is 4.84. The van der Waals surface area contributed by atoms with Crippen LogP contribution in [0.3, 0.4) is 0 Å². The van der Waals surface area contributed by atoms with E-state index < -0.39 is 0 Å². The molecule has 8 heteroatoms. The van der Waals surface area contributed by atoms with Crippen molar-refractivity contribution >= 4 is 40.7 Å². The van der Waals surface area contributed by atoms with Gasteiger partial charge in [-0.1, -0.05) is 34.8 Å². The van der Waals surface area contributed by atoms with Gasteiger partial charge in [0.15, 0.2) is 6.61 Å². The second-order valence-corrected chi connectivity index (χ2v) is 6.80. The quantitative estimate of drug-likeness (QED) is 0.568. The topological polar surface area (TPSA) is 64.8 Å². The van der Waals surface area contributed by atoms with Crippen LogP contribution in [0.5, 0.6) is 5.75 Å². The lowest BCUT2D eigenvalue weighted by Crippen LogP contribution is -2.43. The Morgan fingerprint density at radius 2 is 1.83 bits per heavy atom. The predicted molar refractivity (Wildman–Crippen MR) is 96.2 cm³/mol. The van der Waals surface area contributed by atoms with Gasteiger partial charge in [0, 0.05) is 25.8 Å². The first-order chi connectivity index (χ1) is 11.5. The molecule has 1 heterocycles. The van der Waals surface area contributed by atoms with Gasteiger partial charge in [0.1, 0.15) is 5.75 Å². The van der Waals surface area contributed by atoms with E-state index in [1.54, 1.807) is 4.90 Å². The molecule has 0 atom stereocenters. The summed E-state index contributed by atoms with van der Waals surface area (Å²) >= 11 is 17.8. The molecule has 1 fully saturated rings. The maximum Gasteiger partial charge on any atom is 0.260 e. The van der Waals surface area contributed by atoms with Gasteiger partial charge in [-0.05, 0) is 31.9 Å². The summed E-state index contributed by atoms with van der Waals surface area (Å²) in [5.74, 6) is 0.261. The molecular formula is C16H21Cl3N2O3. The molecule has 1 saturated heterocycles. The average Bonchev–Trinajstić information content (AvgIpc) is 2.57. The van der Waals surface area contributed by atoms with Crippen LogP contribution >= 0.6 is 34.8 Å². The van der Waals surface area contributed by atoms with Gasteiger partial charge in [0.25, 0.3) is 5.91 Å². The van der Waals surface area contributed by atoms with Gasteiger partial charge in [-0.25, -0.2) is 0 Å². The molecule has 24 heavy (non-hydrogen) atoms. The number of carbonyl (C=O) groups excluding carboxylic acids is 1. The maximum absolute atomic E-state index is 12.2. The molecule has 0 unspecified atom stereocenters. The number of ether oxygens (including phenoxy) is 2. The predicted octanol–water partition coefficient (Wildman–Crippen LogP) is 3.38. The number of amides is 1. The van der Waals surface area contributed by atoms with Crippen molar-refractivity contribution in [3.8, 4) is 5.75 Å². The van der Waals surface area contributed by atoms with Crippen molar-refractivity contribution in [1.29, 1.82) is 0 Å². The molecule has 0 radical (unpaired) electrons. The van der Waals surface area contributed by atoms with Gasteiger partial charge >= 0.3 is 0 Å². The number of benzene rings is 1. The SMILES string of the molecule is NCCCOC1CCN(C(=O)COc2cc(Cl)c(Cl)cc2Cl)CC1. The minimum atomic E-state index is -0.0869. The zero-order chi connectivity index (χ0) is 17.5. The Labute approximate surface area is 156 Å². The van der Waals surface area contributed by atoms with E-state index in [1.807, 2.05) is 0 Å². The van der Waals surface area contributed by atoms with Crippen molar-refractivity contribution in [3.63, 3.8) is 0 Å². The lowest BCUT2D eigenvalue weighted by molar-refractivity contribution is -0.136. The molecule has 1 amide bonds. The van der Waals surface area contributed by atoms with Gasteiger partial charge in [-0.15, -0.1) is 0 Å². The van der Waals surface area contributed by atoms with Crippen molar-refractivity contribution < 1.29 is 14.3 Å². The Morgan fingerprint density at radius 3 is 2.50 bits per heavy atom. The van der Waals surface area contributed by atoms with E-state index >= 15 is 0 Å². The normalized spacial score (nSPS) is 15.6. The zero-order valence-corrected chi connectivity index (χ0v) is 15.5.